The summed E-state index contributed by atoms with van der Waals surface area (Å²) in [5.41, 5.74) is 0.872. The first kappa shape index (κ1) is 14.1. The van der Waals surface area contributed by atoms with E-state index >= 15 is 0 Å². The Balaban J connectivity index is 1.69. The van der Waals surface area contributed by atoms with Crippen LogP contribution in [0, 0.1) is 13.8 Å². The molecule has 2 rings (SSSR count). The number of carbonyl (C=O) groups excluding carboxylic acids is 1. The lowest BCUT2D eigenvalue weighted by atomic mass is 10.3. The Morgan fingerprint density at radius 1 is 1.30 bits per heavy atom. The van der Waals surface area contributed by atoms with Gasteiger partial charge in [0.25, 0.3) is 5.91 Å². The summed E-state index contributed by atoms with van der Waals surface area (Å²) >= 11 is 0. The molecule has 1 N–H and O–H groups in total. The molecule has 0 saturated heterocycles. The molecule has 0 spiro atoms. The maximum Gasteiger partial charge on any atom is 0.257 e. The van der Waals surface area contributed by atoms with Crippen molar-refractivity contribution in [2.75, 3.05) is 13.2 Å². The van der Waals surface area contributed by atoms with Gasteiger partial charge in [0.1, 0.15) is 11.5 Å². The lowest BCUT2D eigenvalue weighted by molar-refractivity contribution is -0.123. The second-order valence-corrected chi connectivity index (χ2v) is 4.44. The summed E-state index contributed by atoms with van der Waals surface area (Å²) in [7, 11) is 0. The van der Waals surface area contributed by atoms with E-state index in [9.17, 15) is 4.79 Å². The molecule has 1 aromatic heterocycles. The van der Waals surface area contributed by atoms with Crippen molar-refractivity contribution in [2.24, 2.45) is 0 Å². The smallest absolute Gasteiger partial charge is 0.257 e. The van der Waals surface area contributed by atoms with Crippen LogP contribution in [0.1, 0.15) is 17.3 Å². The molecule has 20 heavy (non-hydrogen) atoms. The number of nitrogens with zero attached hydrogens (tertiary/aromatic N) is 1. The molecule has 0 atom stereocenters. The molecule has 1 amide bonds. The van der Waals surface area contributed by atoms with Crippen LogP contribution < -0.4 is 10.1 Å². The van der Waals surface area contributed by atoms with E-state index in [2.05, 4.69) is 10.3 Å². The van der Waals surface area contributed by atoms with E-state index in [4.69, 9.17) is 9.15 Å². The number of nitrogens with one attached hydrogen (secondary N) is 1. The number of rotatable bonds is 6. The van der Waals surface area contributed by atoms with Gasteiger partial charge in [0, 0.05) is 19.9 Å². The van der Waals surface area contributed by atoms with Crippen molar-refractivity contribution in [3.05, 3.63) is 47.7 Å². The number of ether oxygens (including phenoxy) is 1. The number of hydrogen-bond donors (Lipinski definition) is 1. The number of benzene rings is 1. The van der Waals surface area contributed by atoms with Crippen LogP contribution in [0.25, 0.3) is 0 Å². The number of para-hydroxylation sites is 1. The van der Waals surface area contributed by atoms with Gasteiger partial charge in [-0.2, -0.15) is 0 Å². The fourth-order valence-corrected chi connectivity index (χ4v) is 1.84. The van der Waals surface area contributed by atoms with E-state index in [1.807, 2.05) is 44.2 Å². The number of aryl methyl sites for hydroxylation is 2. The summed E-state index contributed by atoms with van der Waals surface area (Å²) in [5.74, 6) is 2.00. The molecule has 0 bridgehead atoms. The van der Waals surface area contributed by atoms with Gasteiger partial charge in [0.15, 0.2) is 12.5 Å². The Labute approximate surface area is 118 Å². The van der Waals surface area contributed by atoms with Crippen molar-refractivity contribution < 1.29 is 13.9 Å². The zero-order valence-corrected chi connectivity index (χ0v) is 11.7. The van der Waals surface area contributed by atoms with Crippen LogP contribution in [0.3, 0.4) is 0 Å². The summed E-state index contributed by atoms with van der Waals surface area (Å²) in [5, 5.41) is 2.79. The van der Waals surface area contributed by atoms with Crippen LogP contribution in [-0.4, -0.2) is 24.0 Å². The topological polar surface area (TPSA) is 64.4 Å². The van der Waals surface area contributed by atoms with Crippen LogP contribution >= 0.6 is 0 Å². The van der Waals surface area contributed by atoms with Gasteiger partial charge in [-0.3, -0.25) is 4.79 Å². The van der Waals surface area contributed by atoms with E-state index in [0.29, 0.717) is 24.6 Å². The summed E-state index contributed by atoms with van der Waals surface area (Å²) in [6.07, 6.45) is 0.629. The van der Waals surface area contributed by atoms with E-state index in [1.165, 1.54) is 0 Å². The highest BCUT2D eigenvalue weighted by Crippen LogP contribution is 2.09. The zero-order chi connectivity index (χ0) is 14.4. The van der Waals surface area contributed by atoms with Gasteiger partial charge >= 0.3 is 0 Å². The van der Waals surface area contributed by atoms with Crippen LogP contribution in [0.15, 0.2) is 34.7 Å². The van der Waals surface area contributed by atoms with Crippen LogP contribution in [-0.2, 0) is 11.2 Å². The molecular weight excluding hydrogens is 256 g/mol. The largest absolute Gasteiger partial charge is 0.484 e. The Kier molecular flexibility index (Phi) is 4.76. The van der Waals surface area contributed by atoms with Gasteiger partial charge in [-0.05, 0) is 19.1 Å². The average molecular weight is 274 g/mol. The van der Waals surface area contributed by atoms with Gasteiger partial charge in [0.05, 0.1) is 5.69 Å². The number of oxazole rings is 1. The molecule has 0 aliphatic heterocycles. The number of aromatic nitrogens is 1. The summed E-state index contributed by atoms with van der Waals surface area (Å²) < 4.78 is 10.8. The third kappa shape index (κ3) is 4.12. The quantitative estimate of drug-likeness (QED) is 0.875. The second kappa shape index (κ2) is 6.75. The minimum atomic E-state index is -0.150. The van der Waals surface area contributed by atoms with Crippen LogP contribution in [0.2, 0.25) is 0 Å². The van der Waals surface area contributed by atoms with Crippen molar-refractivity contribution in [1.82, 2.24) is 10.3 Å². The normalized spacial score (nSPS) is 10.3. The highest BCUT2D eigenvalue weighted by Gasteiger charge is 2.07. The average Bonchev–Trinajstić information content (AvgIpc) is 2.76. The molecule has 106 valence electrons. The molecule has 1 aromatic carbocycles. The molecule has 0 fully saturated rings. The van der Waals surface area contributed by atoms with Gasteiger partial charge in [-0.1, -0.05) is 18.2 Å². The van der Waals surface area contributed by atoms with Gasteiger partial charge in [0.2, 0.25) is 0 Å². The minimum Gasteiger partial charge on any atom is -0.484 e. The third-order valence-corrected chi connectivity index (χ3v) is 2.79. The monoisotopic (exact) mass is 274 g/mol. The maximum atomic E-state index is 11.6. The first-order valence-electron chi connectivity index (χ1n) is 6.52. The van der Waals surface area contributed by atoms with E-state index in [-0.39, 0.29) is 12.5 Å². The molecule has 0 saturated carbocycles. The van der Waals surface area contributed by atoms with Crippen LogP contribution in [0.5, 0.6) is 5.75 Å². The van der Waals surface area contributed by atoms with Crippen molar-refractivity contribution >= 4 is 5.91 Å². The molecule has 5 heteroatoms. The zero-order valence-electron chi connectivity index (χ0n) is 11.7. The maximum absolute atomic E-state index is 11.6. The molecule has 0 unspecified atom stereocenters. The van der Waals surface area contributed by atoms with E-state index < -0.39 is 0 Å². The van der Waals surface area contributed by atoms with Crippen molar-refractivity contribution in [3.8, 4) is 5.75 Å². The van der Waals surface area contributed by atoms with Gasteiger partial charge in [-0.25, -0.2) is 4.98 Å². The lowest BCUT2D eigenvalue weighted by Crippen LogP contribution is -2.30. The second-order valence-electron chi connectivity index (χ2n) is 4.44. The molecule has 2 aromatic rings. The predicted octanol–water partition coefficient (Wildman–Crippen LogP) is 2.03. The van der Waals surface area contributed by atoms with E-state index in [0.717, 1.165) is 11.5 Å². The SMILES string of the molecule is Cc1nc(C)c(CCNC(=O)COc2ccccc2)o1. The Bertz CT molecular complexity index is 564. The van der Waals surface area contributed by atoms with Gasteiger partial charge < -0.3 is 14.5 Å². The molecular formula is C15H18N2O3. The molecule has 5 nitrogen and oxygen atoms in total. The summed E-state index contributed by atoms with van der Waals surface area (Å²) in [4.78, 5) is 15.8. The first-order valence-corrected chi connectivity index (χ1v) is 6.52. The minimum absolute atomic E-state index is 0.0123. The molecule has 0 aliphatic carbocycles. The highest BCUT2D eigenvalue weighted by molar-refractivity contribution is 5.77. The highest BCUT2D eigenvalue weighted by atomic mass is 16.5. The number of hydrogen-bond acceptors (Lipinski definition) is 4. The Hall–Kier alpha value is -2.30. The Morgan fingerprint density at radius 2 is 2.05 bits per heavy atom. The van der Waals surface area contributed by atoms with Crippen LogP contribution in [0.4, 0.5) is 0 Å². The molecule has 1 heterocycles. The third-order valence-electron chi connectivity index (χ3n) is 2.79. The van der Waals surface area contributed by atoms with E-state index in [1.54, 1.807) is 0 Å². The summed E-state index contributed by atoms with van der Waals surface area (Å²) in [6.45, 7) is 4.22. The van der Waals surface area contributed by atoms with Crippen molar-refractivity contribution in [1.29, 1.82) is 0 Å². The van der Waals surface area contributed by atoms with Crippen molar-refractivity contribution in [3.63, 3.8) is 0 Å². The summed E-state index contributed by atoms with van der Waals surface area (Å²) in [6, 6.07) is 9.25. The van der Waals surface area contributed by atoms with Crippen molar-refractivity contribution in [2.45, 2.75) is 20.3 Å². The predicted molar refractivity (Wildman–Crippen MR) is 74.6 cm³/mol. The fraction of sp³-hybridized carbons (Fsp3) is 0.333. The Morgan fingerprint density at radius 3 is 2.70 bits per heavy atom. The fourth-order valence-electron chi connectivity index (χ4n) is 1.84. The molecule has 0 radical (unpaired) electrons. The van der Waals surface area contributed by atoms with Gasteiger partial charge in [-0.15, -0.1) is 0 Å². The first-order chi connectivity index (χ1) is 9.65. The standard InChI is InChI=1S/C15H18N2O3/c1-11-14(20-12(2)17-11)8-9-16-15(18)10-19-13-6-4-3-5-7-13/h3-7H,8-10H2,1-2H3,(H,16,18). The lowest BCUT2D eigenvalue weighted by Gasteiger charge is -2.06. The number of amides is 1. The molecule has 0 aliphatic rings. The number of carbonyl (C=O) groups is 1.